The first kappa shape index (κ1) is 16.3. The van der Waals surface area contributed by atoms with Crippen LogP contribution in [0.4, 0.5) is 0 Å². The Morgan fingerprint density at radius 3 is 2.76 bits per heavy atom. The lowest BCUT2D eigenvalue weighted by molar-refractivity contribution is -0.128. The van der Waals surface area contributed by atoms with Gasteiger partial charge in [-0.1, -0.05) is 49.1 Å². The van der Waals surface area contributed by atoms with Gasteiger partial charge in [-0.15, -0.1) is 0 Å². The van der Waals surface area contributed by atoms with Crippen LogP contribution in [0.1, 0.15) is 43.8 Å². The summed E-state index contributed by atoms with van der Waals surface area (Å²) >= 11 is 6.00. The molecule has 21 heavy (non-hydrogen) atoms. The van der Waals surface area contributed by atoms with E-state index in [0.29, 0.717) is 10.6 Å². The van der Waals surface area contributed by atoms with Crippen LogP contribution in [0.5, 0.6) is 0 Å². The average molecular weight is 312 g/mol. The van der Waals surface area contributed by atoms with Crippen molar-refractivity contribution in [2.45, 2.75) is 44.3 Å². The average Bonchev–Trinajstić information content (AvgIpc) is 2.52. The van der Waals surface area contributed by atoms with Gasteiger partial charge in [0.1, 0.15) is 6.61 Å². The smallest absolute Gasteiger partial charge is 0.246 e. The van der Waals surface area contributed by atoms with Gasteiger partial charge in [0.15, 0.2) is 0 Å². The molecule has 0 heterocycles. The van der Waals surface area contributed by atoms with Gasteiger partial charge in [0.25, 0.3) is 0 Å². The minimum absolute atomic E-state index is 0.0555. The molecule has 1 aromatic carbocycles. The van der Waals surface area contributed by atoms with Crippen LogP contribution in [0, 0.1) is 0 Å². The van der Waals surface area contributed by atoms with E-state index in [-0.39, 0.29) is 25.2 Å². The summed E-state index contributed by atoms with van der Waals surface area (Å²) in [7, 11) is 0. The lowest BCUT2D eigenvalue weighted by Crippen LogP contribution is -2.33. The minimum Gasteiger partial charge on any atom is -0.387 e. The topological polar surface area (TPSA) is 58.6 Å². The number of carbonyl (C=O) groups excluding carboxylic acids is 1. The SMILES string of the molecule is O=C(COC1CCCCC1)NCC(O)c1ccccc1Cl. The zero-order valence-electron chi connectivity index (χ0n) is 12.1. The van der Waals surface area contributed by atoms with Crippen molar-refractivity contribution < 1.29 is 14.6 Å². The third kappa shape index (κ3) is 5.30. The number of benzene rings is 1. The van der Waals surface area contributed by atoms with Crippen molar-refractivity contribution in [3.05, 3.63) is 34.9 Å². The summed E-state index contributed by atoms with van der Waals surface area (Å²) in [4.78, 5) is 11.7. The fourth-order valence-corrected chi connectivity index (χ4v) is 2.80. The van der Waals surface area contributed by atoms with Crippen LogP contribution in [0.2, 0.25) is 5.02 Å². The number of aliphatic hydroxyl groups is 1. The van der Waals surface area contributed by atoms with Crippen LogP contribution >= 0.6 is 11.6 Å². The van der Waals surface area contributed by atoms with Crippen LogP contribution in [-0.4, -0.2) is 30.3 Å². The summed E-state index contributed by atoms with van der Waals surface area (Å²) in [5, 5.41) is 13.2. The second-order valence-electron chi connectivity index (χ2n) is 5.41. The third-order valence-electron chi connectivity index (χ3n) is 3.76. The highest BCUT2D eigenvalue weighted by Gasteiger charge is 2.16. The molecule has 5 heteroatoms. The molecule has 1 atom stereocenters. The minimum atomic E-state index is -0.808. The fraction of sp³-hybridized carbons (Fsp3) is 0.562. The van der Waals surface area contributed by atoms with E-state index < -0.39 is 6.10 Å². The summed E-state index contributed by atoms with van der Waals surface area (Å²) in [6.45, 7) is 0.191. The molecule has 0 bridgehead atoms. The van der Waals surface area contributed by atoms with E-state index in [1.165, 1.54) is 19.3 Å². The number of amides is 1. The van der Waals surface area contributed by atoms with Crippen molar-refractivity contribution in [3.8, 4) is 0 Å². The molecule has 0 saturated heterocycles. The van der Waals surface area contributed by atoms with Crippen LogP contribution in [0.15, 0.2) is 24.3 Å². The number of rotatable bonds is 6. The number of nitrogens with one attached hydrogen (secondary N) is 1. The van der Waals surface area contributed by atoms with Crippen molar-refractivity contribution in [1.82, 2.24) is 5.32 Å². The number of hydrogen-bond acceptors (Lipinski definition) is 3. The lowest BCUT2D eigenvalue weighted by atomic mass is 9.98. The summed E-state index contributed by atoms with van der Waals surface area (Å²) in [6.07, 6.45) is 5.09. The summed E-state index contributed by atoms with van der Waals surface area (Å²) in [5.74, 6) is -0.202. The lowest BCUT2D eigenvalue weighted by Gasteiger charge is -2.21. The zero-order valence-corrected chi connectivity index (χ0v) is 12.8. The molecule has 1 aromatic rings. The van der Waals surface area contributed by atoms with Gasteiger partial charge in [0, 0.05) is 17.1 Å². The van der Waals surface area contributed by atoms with Gasteiger partial charge in [-0.05, 0) is 18.9 Å². The third-order valence-corrected chi connectivity index (χ3v) is 4.10. The summed E-state index contributed by atoms with van der Waals surface area (Å²) in [6, 6.07) is 7.07. The van der Waals surface area contributed by atoms with Gasteiger partial charge in [0.05, 0.1) is 12.2 Å². The molecule has 4 nitrogen and oxygen atoms in total. The number of halogens is 1. The monoisotopic (exact) mass is 311 g/mol. The molecule has 1 amide bonds. The normalized spacial score (nSPS) is 17.4. The largest absolute Gasteiger partial charge is 0.387 e. The van der Waals surface area contributed by atoms with E-state index in [9.17, 15) is 9.90 Å². The number of ether oxygens (including phenoxy) is 1. The van der Waals surface area contributed by atoms with E-state index in [0.717, 1.165) is 12.8 Å². The Bertz CT molecular complexity index is 461. The highest BCUT2D eigenvalue weighted by atomic mass is 35.5. The van der Waals surface area contributed by atoms with Crippen LogP contribution in [-0.2, 0) is 9.53 Å². The number of aliphatic hydroxyl groups excluding tert-OH is 1. The number of hydrogen-bond donors (Lipinski definition) is 2. The molecule has 0 aromatic heterocycles. The standard InChI is InChI=1S/C16H22ClNO3/c17-14-9-5-4-8-13(14)15(19)10-18-16(20)11-21-12-6-2-1-3-7-12/h4-5,8-9,12,15,19H,1-3,6-7,10-11H2,(H,18,20). The zero-order chi connectivity index (χ0) is 15.1. The maximum atomic E-state index is 11.7. The van der Waals surface area contributed by atoms with E-state index in [1.54, 1.807) is 24.3 Å². The Morgan fingerprint density at radius 1 is 1.33 bits per heavy atom. The summed E-state index contributed by atoms with van der Waals surface area (Å²) in [5.41, 5.74) is 0.618. The second-order valence-corrected chi connectivity index (χ2v) is 5.82. The molecule has 0 aliphatic heterocycles. The quantitative estimate of drug-likeness (QED) is 0.849. The Labute approximate surface area is 130 Å². The van der Waals surface area contributed by atoms with Gasteiger partial charge in [-0.25, -0.2) is 0 Å². The number of carbonyl (C=O) groups is 1. The van der Waals surface area contributed by atoms with Gasteiger partial charge in [-0.2, -0.15) is 0 Å². The van der Waals surface area contributed by atoms with Crippen LogP contribution in [0.25, 0.3) is 0 Å². The van der Waals surface area contributed by atoms with Crippen molar-refractivity contribution >= 4 is 17.5 Å². The molecular weight excluding hydrogens is 290 g/mol. The Balaban J connectivity index is 1.69. The molecule has 2 N–H and O–H groups in total. The summed E-state index contributed by atoms with van der Waals surface area (Å²) < 4.78 is 5.59. The molecule has 1 aliphatic carbocycles. The Morgan fingerprint density at radius 2 is 2.05 bits per heavy atom. The molecule has 1 fully saturated rings. The molecule has 1 saturated carbocycles. The molecular formula is C16H22ClNO3. The highest BCUT2D eigenvalue weighted by Crippen LogP contribution is 2.22. The maximum Gasteiger partial charge on any atom is 0.246 e. The Hall–Kier alpha value is -1.10. The maximum absolute atomic E-state index is 11.7. The fourth-order valence-electron chi connectivity index (χ4n) is 2.54. The molecule has 0 spiro atoms. The van der Waals surface area contributed by atoms with Gasteiger partial charge >= 0.3 is 0 Å². The van der Waals surface area contributed by atoms with E-state index in [1.807, 2.05) is 0 Å². The molecule has 1 unspecified atom stereocenters. The van der Waals surface area contributed by atoms with Gasteiger partial charge in [-0.3, -0.25) is 4.79 Å². The molecule has 116 valence electrons. The van der Waals surface area contributed by atoms with E-state index in [4.69, 9.17) is 16.3 Å². The molecule has 2 rings (SSSR count). The van der Waals surface area contributed by atoms with E-state index in [2.05, 4.69) is 5.32 Å². The predicted molar refractivity (Wildman–Crippen MR) is 82.2 cm³/mol. The van der Waals surface area contributed by atoms with E-state index >= 15 is 0 Å². The van der Waals surface area contributed by atoms with Crippen molar-refractivity contribution in [2.75, 3.05) is 13.2 Å². The van der Waals surface area contributed by atoms with Crippen molar-refractivity contribution in [2.24, 2.45) is 0 Å². The molecule has 1 aliphatic rings. The first-order chi connectivity index (χ1) is 10.2. The first-order valence-electron chi connectivity index (χ1n) is 7.47. The second kappa shape index (κ2) is 8.37. The van der Waals surface area contributed by atoms with Crippen LogP contribution in [0.3, 0.4) is 0 Å². The molecule has 0 radical (unpaired) electrons. The van der Waals surface area contributed by atoms with Crippen LogP contribution < -0.4 is 5.32 Å². The van der Waals surface area contributed by atoms with Gasteiger partial charge in [0.2, 0.25) is 5.91 Å². The Kier molecular flexibility index (Phi) is 6.49. The highest BCUT2D eigenvalue weighted by molar-refractivity contribution is 6.31. The first-order valence-corrected chi connectivity index (χ1v) is 7.85. The van der Waals surface area contributed by atoms with Gasteiger partial charge < -0.3 is 15.2 Å². The van der Waals surface area contributed by atoms with Crippen molar-refractivity contribution in [1.29, 1.82) is 0 Å². The van der Waals surface area contributed by atoms with Crippen molar-refractivity contribution in [3.63, 3.8) is 0 Å². The predicted octanol–water partition coefficient (Wildman–Crippen LogP) is 2.84.